The maximum absolute atomic E-state index is 8.42. The van der Waals surface area contributed by atoms with E-state index in [1.807, 2.05) is 6.07 Å². The van der Waals surface area contributed by atoms with Gasteiger partial charge in [0.2, 0.25) is 0 Å². The lowest BCUT2D eigenvalue weighted by Crippen LogP contribution is -2.03. The highest BCUT2D eigenvalue weighted by Crippen LogP contribution is 2.32. The maximum atomic E-state index is 8.42. The topological polar surface area (TPSA) is 27.0 Å². The van der Waals surface area contributed by atoms with Crippen LogP contribution >= 0.6 is 21.8 Å². The van der Waals surface area contributed by atoms with Crippen molar-refractivity contribution >= 4 is 21.8 Å². The molecule has 1 radical (unpaired) electrons. The molecule has 0 fully saturated rings. The number of nitrogens with zero attached hydrogens (tertiary/aromatic N) is 2. The minimum Gasteiger partial charge on any atom is -0.226 e. The molecule has 14 heavy (non-hydrogen) atoms. The van der Waals surface area contributed by atoms with E-state index in [0.29, 0.717) is 6.54 Å². The monoisotopic (exact) mass is 223 g/mol. The highest BCUT2D eigenvalue weighted by molar-refractivity contribution is 8.75. The molecule has 0 atom stereocenters. The molecule has 1 rings (SSSR count). The Hall–Kier alpha value is -0.630. The Morgan fingerprint density at radius 1 is 1.43 bits per heavy atom. The maximum Gasteiger partial charge on any atom is 0.0970 e. The van der Waals surface area contributed by atoms with Gasteiger partial charge in [-0.25, -0.2) is 4.31 Å². The molecule has 4 heteroatoms. The van der Waals surface area contributed by atoms with E-state index in [1.165, 1.54) is 21.4 Å². The zero-order valence-electron chi connectivity index (χ0n) is 7.93. The van der Waals surface area contributed by atoms with Crippen molar-refractivity contribution in [2.75, 3.05) is 6.54 Å². The number of rotatable bonds is 4. The van der Waals surface area contributed by atoms with Gasteiger partial charge in [-0.15, -0.1) is 0 Å². The predicted molar refractivity (Wildman–Crippen MR) is 62.3 cm³/mol. The Balaban J connectivity index is 2.39. The molecule has 0 spiro atoms. The van der Waals surface area contributed by atoms with Crippen LogP contribution in [0.2, 0.25) is 0 Å². The summed E-state index contributed by atoms with van der Waals surface area (Å²) in [6.45, 7) is 2.40. The van der Waals surface area contributed by atoms with Gasteiger partial charge in [0.1, 0.15) is 0 Å². The molecule has 2 nitrogen and oxygen atoms in total. The molecule has 0 saturated heterocycles. The van der Waals surface area contributed by atoms with Gasteiger partial charge in [-0.2, -0.15) is 5.26 Å². The Bertz CT molecular complexity index is 316. The summed E-state index contributed by atoms with van der Waals surface area (Å²) < 4.78 is 1.66. The zero-order chi connectivity index (χ0) is 10.4. The van der Waals surface area contributed by atoms with E-state index >= 15 is 0 Å². The third-order valence-corrected chi connectivity index (χ3v) is 3.82. The number of nitriles is 1. The van der Waals surface area contributed by atoms with Crippen LogP contribution in [-0.4, -0.2) is 10.8 Å². The zero-order valence-corrected chi connectivity index (χ0v) is 9.57. The van der Waals surface area contributed by atoms with E-state index in [9.17, 15) is 0 Å². The van der Waals surface area contributed by atoms with E-state index in [-0.39, 0.29) is 0 Å². The molecule has 0 unspecified atom stereocenters. The summed E-state index contributed by atoms with van der Waals surface area (Å²) in [4.78, 5) is 1.17. The molecule has 0 saturated carbocycles. The third-order valence-electron chi connectivity index (χ3n) is 1.51. The van der Waals surface area contributed by atoms with Crippen LogP contribution < -0.4 is 0 Å². The number of hydrogen-bond acceptors (Lipinski definition) is 4. The summed E-state index contributed by atoms with van der Waals surface area (Å²) in [5.41, 5.74) is 1.25. The Kier molecular flexibility index (Phi) is 4.88. The molecule has 0 aliphatic heterocycles. The van der Waals surface area contributed by atoms with E-state index in [1.54, 1.807) is 15.1 Å². The SMILES string of the molecule is [CH2]N(CC#N)SSc1ccc(C)cc1. The van der Waals surface area contributed by atoms with Crippen molar-refractivity contribution in [3.05, 3.63) is 36.9 Å². The van der Waals surface area contributed by atoms with Crippen LogP contribution in [0.3, 0.4) is 0 Å². The number of benzene rings is 1. The van der Waals surface area contributed by atoms with Crippen molar-refractivity contribution in [3.63, 3.8) is 0 Å². The molecule has 0 heterocycles. The van der Waals surface area contributed by atoms with Gasteiger partial charge in [-0.3, -0.25) is 0 Å². The van der Waals surface area contributed by atoms with Crippen molar-refractivity contribution in [2.24, 2.45) is 0 Å². The van der Waals surface area contributed by atoms with E-state index in [2.05, 4.69) is 38.2 Å². The molecular weight excluding hydrogens is 212 g/mol. The van der Waals surface area contributed by atoms with Gasteiger partial charge in [-0.1, -0.05) is 17.7 Å². The lowest BCUT2D eigenvalue weighted by atomic mass is 10.2. The van der Waals surface area contributed by atoms with Crippen molar-refractivity contribution < 1.29 is 0 Å². The molecule has 0 aromatic heterocycles. The van der Waals surface area contributed by atoms with Crippen molar-refractivity contribution in [2.45, 2.75) is 11.8 Å². The van der Waals surface area contributed by atoms with Gasteiger partial charge in [0.15, 0.2) is 0 Å². The predicted octanol–water partition coefficient (Wildman–Crippen LogP) is 3.27. The number of hydrogen-bond donors (Lipinski definition) is 0. The fourth-order valence-electron chi connectivity index (χ4n) is 0.795. The van der Waals surface area contributed by atoms with E-state index in [0.717, 1.165) is 0 Å². The lowest BCUT2D eigenvalue weighted by molar-refractivity contribution is 0.707. The van der Waals surface area contributed by atoms with Gasteiger partial charge < -0.3 is 0 Å². The van der Waals surface area contributed by atoms with E-state index < -0.39 is 0 Å². The quantitative estimate of drug-likeness (QED) is 0.445. The third kappa shape index (κ3) is 4.05. The summed E-state index contributed by atoms with van der Waals surface area (Å²) in [6.07, 6.45) is 0. The second-order valence-corrected chi connectivity index (χ2v) is 5.02. The minimum absolute atomic E-state index is 0.337. The van der Waals surface area contributed by atoms with Crippen LogP contribution in [0.25, 0.3) is 0 Å². The fourth-order valence-corrected chi connectivity index (χ4v) is 2.41. The van der Waals surface area contributed by atoms with Crippen LogP contribution in [-0.2, 0) is 0 Å². The normalized spacial score (nSPS) is 10.1. The summed E-state index contributed by atoms with van der Waals surface area (Å²) in [7, 11) is 6.80. The molecule has 0 N–H and O–H groups in total. The van der Waals surface area contributed by atoms with Gasteiger partial charge in [0.05, 0.1) is 12.6 Å². The highest BCUT2D eigenvalue weighted by atomic mass is 33.1. The highest BCUT2D eigenvalue weighted by Gasteiger charge is 1.99. The molecule has 0 aliphatic rings. The molecule has 1 aromatic carbocycles. The first-order valence-electron chi connectivity index (χ1n) is 4.08. The molecule has 73 valence electrons. The Morgan fingerprint density at radius 3 is 2.64 bits per heavy atom. The first kappa shape index (κ1) is 11.4. The van der Waals surface area contributed by atoms with Crippen molar-refractivity contribution in [1.82, 2.24) is 4.31 Å². The first-order valence-corrected chi connectivity index (χ1v) is 6.19. The summed E-state index contributed by atoms with van der Waals surface area (Å²) in [5.74, 6) is 0. The minimum atomic E-state index is 0.337. The molecule has 0 amide bonds. The largest absolute Gasteiger partial charge is 0.226 e. The fraction of sp³-hybridized carbons (Fsp3) is 0.200. The average molecular weight is 223 g/mol. The first-order chi connectivity index (χ1) is 6.72. The smallest absolute Gasteiger partial charge is 0.0970 e. The molecule has 0 aliphatic carbocycles. The molecular formula is C10H11N2S2. The summed E-state index contributed by atoms with van der Waals surface area (Å²) in [5, 5.41) is 8.42. The van der Waals surface area contributed by atoms with Crippen molar-refractivity contribution in [1.29, 1.82) is 5.26 Å². The lowest BCUT2D eigenvalue weighted by Gasteiger charge is -2.09. The van der Waals surface area contributed by atoms with Crippen LogP contribution in [0.4, 0.5) is 0 Å². The standard InChI is InChI=1S/C10H11N2S2/c1-9-3-5-10(6-4-9)13-14-12(2)8-7-11/h3-6H,2,8H2,1H3. The Labute approximate surface area is 92.8 Å². The van der Waals surface area contributed by atoms with Crippen molar-refractivity contribution in [3.8, 4) is 6.07 Å². The number of aryl methyl sites for hydroxylation is 1. The molecule has 0 bridgehead atoms. The van der Waals surface area contributed by atoms with Crippen LogP contribution in [0.5, 0.6) is 0 Å². The van der Waals surface area contributed by atoms with Crippen LogP contribution in [0.1, 0.15) is 5.56 Å². The van der Waals surface area contributed by atoms with Crippen LogP contribution in [0, 0.1) is 25.3 Å². The van der Waals surface area contributed by atoms with Gasteiger partial charge in [0.25, 0.3) is 0 Å². The van der Waals surface area contributed by atoms with Gasteiger partial charge in [0, 0.05) is 11.9 Å². The Morgan fingerprint density at radius 2 is 2.07 bits per heavy atom. The van der Waals surface area contributed by atoms with Crippen LogP contribution in [0.15, 0.2) is 29.2 Å². The molecule has 1 aromatic rings. The summed E-state index contributed by atoms with van der Waals surface area (Å²) >= 11 is 0. The summed E-state index contributed by atoms with van der Waals surface area (Å²) in [6, 6.07) is 10.3. The van der Waals surface area contributed by atoms with Gasteiger partial charge >= 0.3 is 0 Å². The second kappa shape index (κ2) is 5.97. The van der Waals surface area contributed by atoms with E-state index in [4.69, 9.17) is 5.26 Å². The second-order valence-electron chi connectivity index (χ2n) is 2.77. The van der Waals surface area contributed by atoms with Gasteiger partial charge in [-0.05, 0) is 40.8 Å². The average Bonchev–Trinajstić information content (AvgIpc) is 2.17.